The van der Waals surface area contributed by atoms with Gasteiger partial charge in [0.05, 0.1) is 0 Å². The van der Waals surface area contributed by atoms with Crippen molar-refractivity contribution in [2.24, 2.45) is 0 Å². The van der Waals surface area contributed by atoms with Gasteiger partial charge >= 0.3 is 0 Å². The van der Waals surface area contributed by atoms with Crippen molar-refractivity contribution < 1.29 is 9.18 Å². The van der Waals surface area contributed by atoms with Gasteiger partial charge in [-0.15, -0.1) is 11.8 Å². The number of rotatable bonds is 4. The average molecular weight is 288 g/mol. The second-order valence-corrected chi connectivity index (χ2v) is 5.95. The first-order chi connectivity index (χ1) is 9.47. The molecular weight excluding hydrogens is 271 g/mol. The summed E-state index contributed by atoms with van der Waals surface area (Å²) in [7, 11) is 0. The van der Waals surface area contributed by atoms with Gasteiger partial charge in [0.2, 0.25) is 0 Å². The minimum Gasteiger partial charge on any atom is -0.294 e. The lowest BCUT2D eigenvalue weighted by molar-refractivity contribution is 0.101. The molecule has 0 radical (unpaired) electrons. The summed E-state index contributed by atoms with van der Waals surface area (Å²) in [5.74, 6) is 0.346. The summed E-state index contributed by atoms with van der Waals surface area (Å²) < 4.78 is 13.6. The van der Waals surface area contributed by atoms with Crippen molar-refractivity contribution in [1.82, 2.24) is 0 Å². The maximum absolute atomic E-state index is 13.6. The zero-order valence-electron chi connectivity index (χ0n) is 11.9. The van der Waals surface area contributed by atoms with E-state index in [-0.39, 0.29) is 11.6 Å². The number of halogens is 1. The zero-order valence-corrected chi connectivity index (χ0v) is 12.7. The highest BCUT2D eigenvalue weighted by Gasteiger charge is 2.12. The maximum Gasteiger partial charge on any atom is 0.161 e. The summed E-state index contributed by atoms with van der Waals surface area (Å²) in [6, 6.07) is 11.4. The summed E-state index contributed by atoms with van der Waals surface area (Å²) >= 11 is 1.57. The van der Waals surface area contributed by atoms with Crippen LogP contribution in [0.25, 0.3) is 0 Å². The van der Waals surface area contributed by atoms with Gasteiger partial charge in [-0.3, -0.25) is 4.79 Å². The Morgan fingerprint density at radius 2 is 1.95 bits per heavy atom. The van der Waals surface area contributed by atoms with Crippen LogP contribution in [0.4, 0.5) is 4.39 Å². The molecule has 0 atom stereocenters. The molecule has 2 aromatic carbocycles. The maximum atomic E-state index is 13.6. The molecule has 0 saturated heterocycles. The second kappa shape index (κ2) is 6.23. The number of aryl methyl sites for hydroxylation is 2. The van der Waals surface area contributed by atoms with Crippen molar-refractivity contribution in [3.05, 3.63) is 64.5 Å². The molecule has 0 fully saturated rings. The summed E-state index contributed by atoms with van der Waals surface area (Å²) in [5.41, 5.74) is 3.45. The van der Waals surface area contributed by atoms with Crippen LogP contribution < -0.4 is 0 Å². The number of hydrogen-bond donors (Lipinski definition) is 0. The predicted molar refractivity (Wildman–Crippen MR) is 81.9 cm³/mol. The van der Waals surface area contributed by atoms with Gasteiger partial charge in [0.1, 0.15) is 5.82 Å². The molecule has 0 spiro atoms. The van der Waals surface area contributed by atoms with E-state index in [2.05, 4.69) is 25.1 Å². The molecule has 0 unspecified atom stereocenters. The van der Waals surface area contributed by atoms with Gasteiger partial charge in [0.25, 0.3) is 0 Å². The van der Waals surface area contributed by atoms with Gasteiger partial charge in [0.15, 0.2) is 5.78 Å². The molecule has 0 aromatic heterocycles. The lowest BCUT2D eigenvalue weighted by Crippen LogP contribution is -1.98. The van der Waals surface area contributed by atoms with Gasteiger partial charge in [-0.25, -0.2) is 4.39 Å². The van der Waals surface area contributed by atoms with Crippen LogP contribution >= 0.6 is 11.8 Å². The molecule has 3 heteroatoms. The van der Waals surface area contributed by atoms with E-state index in [9.17, 15) is 9.18 Å². The average Bonchev–Trinajstić information content (AvgIpc) is 2.39. The summed E-state index contributed by atoms with van der Waals surface area (Å²) in [4.78, 5) is 12.5. The number of hydrogen-bond acceptors (Lipinski definition) is 2. The fourth-order valence-electron chi connectivity index (χ4n) is 2.01. The zero-order chi connectivity index (χ0) is 14.7. The third kappa shape index (κ3) is 3.48. The Bertz CT molecular complexity index is 649. The molecule has 0 aliphatic heterocycles. The number of carbonyl (C=O) groups excluding carboxylic acids is 1. The molecule has 0 saturated carbocycles. The number of Topliss-reactive ketones (excluding diaryl/α,β-unsaturated/α-hetero) is 1. The van der Waals surface area contributed by atoms with Crippen molar-refractivity contribution in [3.8, 4) is 0 Å². The first-order valence-electron chi connectivity index (χ1n) is 6.47. The van der Waals surface area contributed by atoms with E-state index in [1.54, 1.807) is 24.8 Å². The number of thioether (sulfide) groups is 1. The highest BCUT2D eigenvalue weighted by Crippen LogP contribution is 2.29. The van der Waals surface area contributed by atoms with E-state index in [1.807, 2.05) is 6.07 Å². The van der Waals surface area contributed by atoms with Crippen LogP contribution in [0, 0.1) is 19.7 Å². The van der Waals surface area contributed by atoms with Crippen molar-refractivity contribution in [3.63, 3.8) is 0 Å². The van der Waals surface area contributed by atoms with Crippen molar-refractivity contribution >= 4 is 17.5 Å². The second-order valence-electron chi connectivity index (χ2n) is 4.93. The molecule has 0 amide bonds. The van der Waals surface area contributed by atoms with Crippen molar-refractivity contribution in [2.75, 3.05) is 0 Å². The molecule has 1 nitrogen and oxygen atoms in total. The van der Waals surface area contributed by atoms with E-state index in [0.29, 0.717) is 11.1 Å². The van der Waals surface area contributed by atoms with Crippen LogP contribution in [-0.2, 0) is 5.75 Å². The molecule has 104 valence electrons. The Kier molecular flexibility index (Phi) is 4.61. The van der Waals surface area contributed by atoms with Crippen LogP contribution in [0.2, 0.25) is 0 Å². The van der Waals surface area contributed by atoms with E-state index < -0.39 is 0 Å². The molecule has 20 heavy (non-hydrogen) atoms. The molecule has 2 aromatic rings. The largest absolute Gasteiger partial charge is 0.294 e. The molecule has 0 aliphatic carbocycles. The summed E-state index contributed by atoms with van der Waals surface area (Å²) in [6.07, 6.45) is 0. The molecule has 0 bridgehead atoms. The Labute approximate surface area is 123 Å². The van der Waals surface area contributed by atoms with Crippen molar-refractivity contribution in [2.45, 2.75) is 31.4 Å². The minimum absolute atomic E-state index is 0.101. The quantitative estimate of drug-likeness (QED) is 0.585. The van der Waals surface area contributed by atoms with Crippen LogP contribution in [0.15, 0.2) is 41.3 Å². The standard InChI is InChI=1S/C17H17FOS/c1-11-5-4-6-14(7-11)10-20-17-8-12(2)16(18)9-15(17)13(3)19/h4-9H,10H2,1-3H3. The lowest BCUT2D eigenvalue weighted by Gasteiger charge is -2.09. The van der Waals surface area contributed by atoms with E-state index in [1.165, 1.54) is 24.1 Å². The van der Waals surface area contributed by atoms with Gasteiger partial charge in [-0.1, -0.05) is 29.8 Å². The van der Waals surface area contributed by atoms with Crippen LogP contribution in [-0.4, -0.2) is 5.78 Å². The SMILES string of the molecule is CC(=O)c1cc(F)c(C)cc1SCc1cccc(C)c1. The fraction of sp³-hybridized carbons (Fsp3) is 0.235. The Morgan fingerprint density at radius 3 is 2.60 bits per heavy atom. The smallest absolute Gasteiger partial charge is 0.161 e. The van der Waals surface area contributed by atoms with Gasteiger partial charge in [-0.05, 0) is 44.0 Å². The van der Waals surface area contributed by atoms with Gasteiger partial charge < -0.3 is 0 Å². The highest BCUT2D eigenvalue weighted by molar-refractivity contribution is 7.98. The molecule has 0 N–H and O–H groups in total. The Balaban J connectivity index is 2.24. The van der Waals surface area contributed by atoms with E-state index in [0.717, 1.165) is 10.6 Å². The molecular formula is C17H17FOS. The van der Waals surface area contributed by atoms with Crippen LogP contribution in [0.3, 0.4) is 0 Å². The number of carbonyl (C=O) groups is 1. The van der Waals surface area contributed by atoms with Gasteiger partial charge in [0, 0.05) is 16.2 Å². The van der Waals surface area contributed by atoms with Gasteiger partial charge in [-0.2, -0.15) is 0 Å². The number of benzene rings is 2. The lowest BCUT2D eigenvalue weighted by atomic mass is 10.1. The Hall–Kier alpha value is -1.61. The molecule has 2 rings (SSSR count). The summed E-state index contributed by atoms with van der Waals surface area (Å²) in [6.45, 7) is 5.24. The van der Waals surface area contributed by atoms with E-state index in [4.69, 9.17) is 0 Å². The minimum atomic E-state index is -0.324. The third-order valence-corrected chi connectivity index (χ3v) is 4.24. The monoisotopic (exact) mass is 288 g/mol. The number of ketones is 1. The van der Waals surface area contributed by atoms with Crippen LogP contribution in [0.5, 0.6) is 0 Å². The Morgan fingerprint density at radius 1 is 1.20 bits per heavy atom. The normalized spacial score (nSPS) is 10.6. The molecule has 0 heterocycles. The molecule has 0 aliphatic rings. The van der Waals surface area contributed by atoms with E-state index >= 15 is 0 Å². The summed E-state index contributed by atoms with van der Waals surface area (Å²) in [5, 5.41) is 0. The first-order valence-corrected chi connectivity index (χ1v) is 7.45. The third-order valence-electron chi connectivity index (χ3n) is 3.12. The van der Waals surface area contributed by atoms with Crippen molar-refractivity contribution in [1.29, 1.82) is 0 Å². The first kappa shape index (κ1) is 14.8. The topological polar surface area (TPSA) is 17.1 Å². The van der Waals surface area contributed by atoms with Crippen LogP contribution in [0.1, 0.15) is 34.0 Å². The highest BCUT2D eigenvalue weighted by atomic mass is 32.2. The fourth-order valence-corrected chi connectivity index (χ4v) is 3.13. The predicted octanol–water partition coefficient (Wildman–Crippen LogP) is 4.94.